The Bertz CT molecular complexity index is 298. The molecule has 0 radical (unpaired) electrons. The summed E-state index contributed by atoms with van der Waals surface area (Å²) in [4.78, 5) is 13.1. The Balaban J connectivity index is 2.42. The summed E-state index contributed by atoms with van der Waals surface area (Å²) >= 11 is 0. The molecule has 0 heterocycles. The number of nitrogens with zero attached hydrogens (tertiary/aromatic N) is 1. The number of benzene rings is 1. The average molecular weight is 207 g/mol. The van der Waals surface area contributed by atoms with Crippen LogP contribution >= 0.6 is 0 Å². The van der Waals surface area contributed by atoms with Gasteiger partial charge in [-0.2, -0.15) is 0 Å². The van der Waals surface area contributed by atoms with E-state index in [9.17, 15) is 4.79 Å². The lowest BCUT2D eigenvalue weighted by atomic mass is 10.3. The Hall–Kier alpha value is -1.51. The van der Waals surface area contributed by atoms with Crippen LogP contribution in [0, 0.1) is 0 Å². The zero-order valence-corrected chi connectivity index (χ0v) is 9.27. The van der Waals surface area contributed by atoms with E-state index in [-0.39, 0.29) is 6.09 Å². The highest BCUT2D eigenvalue weighted by Crippen LogP contribution is 2.09. The summed E-state index contributed by atoms with van der Waals surface area (Å²) in [5.41, 5.74) is 0. The van der Waals surface area contributed by atoms with Crippen molar-refractivity contribution in [2.75, 3.05) is 13.6 Å². The Labute approximate surface area is 90.7 Å². The molecule has 3 nitrogen and oxygen atoms in total. The van der Waals surface area contributed by atoms with Crippen molar-refractivity contribution in [3.63, 3.8) is 0 Å². The largest absolute Gasteiger partial charge is 0.414 e. The number of carbonyl (C=O) groups is 1. The lowest BCUT2D eigenvalue weighted by Crippen LogP contribution is -2.30. The number of hydrogen-bond donors (Lipinski definition) is 0. The number of rotatable bonds is 4. The number of amides is 1. The van der Waals surface area contributed by atoms with E-state index < -0.39 is 0 Å². The molecular weight excluding hydrogens is 190 g/mol. The molecular formula is C12H17NO2. The summed E-state index contributed by atoms with van der Waals surface area (Å²) in [5, 5.41) is 0. The first-order valence-corrected chi connectivity index (χ1v) is 5.22. The van der Waals surface area contributed by atoms with Gasteiger partial charge < -0.3 is 9.64 Å². The number of carbonyl (C=O) groups excluding carboxylic acids is 1. The minimum atomic E-state index is -0.297. The zero-order chi connectivity index (χ0) is 11.1. The molecule has 0 saturated heterocycles. The fourth-order valence-electron chi connectivity index (χ4n) is 1.15. The number of unbranched alkanes of at least 4 members (excludes halogenated alkanes) is 1. The average Bonchev–Trinajstić information content (AvgIpc) is 2.27. The molecule has 1 rings (SSSR count). The minimum Gasteiger partial charge on any atom is -0.410 e. The van der Waals surface area contributed by atoms with Crippen LogP contribution in [0.4, 0.5) is 4.79 Å². The van der Waals surface area contributed by atoms with Crippen LogP contribution in [0.25, 0.3) is 0 Å². The number of ether oxygens (including phenoxy) is 1. The van der Waals surface area contributed by atoms with Crippen molar-refractivity contribution in [3.8, 4) is 5.75 Å². The summed E-state index contributed by atoms with van der Waals surface area (Å²) in [7, 11) is 1.75. The van der Waals surface area contributed by atoms with E-state index in [2.05, 4.69) is 6.92 Å². The molecule has 3 heteroatoms. The SMILES string of the molecule is CCCCN(C)C(=O)Oc1ccccc1. The summed E-state index contributed by atoms with van der Waals surface area (Å²) < 4.78 is 5.16. The van der Waals surface area contributed by atoms with Gasteiger partial charge in [-0.05, 0) is 18.6 Å². The smallest absolute Gasteiger partial charge is 0.410 e. The first-order valence-electron chi connectivity index (χ1n) is 5.22. The molecule has 0 bridgehead atoms. The first-order chi connectivity index (χ1) is 7.24. The van der Waals surface area contributed by atoms with Gasteiger partial charge in [-0.1, -0.05) is 31.5 Å². The monoisotopic (exact) mass is 207 g/mol. The molecule has 0 saturated carbocycles. The summed E-state index contributed by atoms with van der Waals surface area (Å²) in [6.07, 6.45) is 1.78. The van der Waals surface area contributed by atoms with Gasteiger partial charge in [0.15, 0.2) is 0 Å². The fraction of sp³-hybridized carbons (Fsp3) is 0.417. The van der Waals surface area contributed by atoms with Gasteiger partial charge in [0, 0.05) is 13.6 Å². The van der Waals surface area contributed by atoms with E-state index in [1.807, 2.05) is 18.2 Å². The second kappa shape index (κ2) is 6.06. The predicted molar refractivity (Wildman–Crippen MR) is 60.0 cm³/mol. The van der Waals surface area contributed by atoms with Crippen molar-refractivity contribution < 1.29 is 9.53 Å². The summed E-state index contributed by atoms with van der Waals surface area (Å²) in [6.45, 7) is 2.83. The van der Waals surface area contributed by atoms with Crippen LogP contribution in [-0.4, -0.2) is 24.6 Å². The highest BCUT2D eigenvalue weighted by atomic mass is 16.6. The van der Waals surface area contributed by atoms with Crippen molar-refractivity contribution >= 4 is 6.09 Å². The van der Waals surface area contributed by atoms with E-state index in [0.29, 0.717) is 5.75 Å². The number of para-hydroxylation sites is 1. The number of hydrogen-bond acceptors (Lipinski definition) is 2. The highest BCUT2D eigenvalue weighted by molar-refractivity contribution is 5.70. The molecule has 1 aromatic carbocycles. The van der Waals surface area contributed by atoms with Gasteiger partial charge in [0.2, 0.25) is 0 Å². The molecule has 0 aromatic heterocycles. The Morgan fingerprint density at radius 3 is 2.60 bits per heavy atom. The molecule has 1 amide bonds. The third kappa shape index (κ3) is 4.02. The molecule has 0 spiro atoms. The molecule has 0 aliphatic carbocycles. The normalized spacial score (nSPS) is 9.73. The minimum absolute atomic E-state index is 0.297. The molecule has 0 aliphatic heterocycles. The Morgan fingerprint density at radius 2 is 2.00 bits per heavy atom. The van der Waals surface area contributed by atoms with Gasteiger partial charge in [-0.15, -0.1) is 0 Å². The second-order valence-electron chi connectivity index (χ2n) is 3.46. The lowest BCUT2D eigenvalue weighted by Gasteiger charge is -2.15. The van der Waals surface area contributed by atoms with E-state index in [0.717, 1.165) is 19.4 Å². The van der Waals surface area contributed by atoms with Gasteiger partial charge in [0.25, 0.3) is 0 Å². The van der Waals surface area contributed by atoms with E-state index >= 15 is 0 Å². The van der Waals surface area contributed by atoms with Gasteiger partial charge in [-0.25, -0.2) is 4.79 Å². The molecule has 0 fully saturated rings. The van der Waals surface area contributed by atoms with Crippen molar-refractivity contribution in [3.05, 3.63) is 30.3 Å². The highest BCUT2D eigenvalue weighted by Gasteiger charge is 2.09. The lowest BCUT2D eigenvalue weighted by molar-refractivity contribution is 0.162. The third-order valence-corrected chi connectivity index (χ3v) is 2.11. The second-order valence-corrected chi connectivity index (χ2v) is 3.46. The predicted octanol–water partition coefficient (Wildman–Crippen LogP) is 2.92. The van der Waals surface area contributed by atoms with Crippen molar-refractivity contribution in [1.82, 2.24) is 4.90 Å². The Kier molecular flexibility index (Phi) is 4.68. The van der Waals surface area contributed by atoms with Crippen LogP contribution < -0.4 is 4.74 Å². The molecule has 0 N–H and O–H groups in total. The van der Waals surface area contributed by atoms with Crippen LogP contribution in [0.15, 0.2) is 30.3 Å². The van der Waals surface area contributed by atoms with Crippen LogP contribution in [0.5, 0.6) is 5.75 Å². The van der Waals surface area contributed by atoms with Gasteiger partial charge in [-0.3, -0.25) is 0 Å². The standard InChI is InChI=1S/C12H17NO2/c1-3-4-10-13(2)12(14)15-11-8-6-5-7-9-11/h5-9H,3-4,10H2,1-2H3. The maximum Gasteiger partial charge on any atom is 0.414 e. The molecule has 0 aliphatic rings. The van der Waals surface area contributed by atoms with Gasteiger partial charge in [0.05, 0.1) is 0 Å². The van der Waals surface area contributed by atoms with Crippen molar-refractivity contribution in [2.45, 2.75) is 19.8 Å². The van der Waals surface area contributed by atoms with Crippen LogP contribution in [0.1, 0.15) is 19.8 Å². The van der Waals surface area contributed by atoms with Crippen molar-refractivity contribution in [2.24, 2.45) is 0 Å². The maximum absolute atomic E-state index is 11.5. The molecule has 0 atom stereocenters. The fourth-order valence-corrected chi connectivity index (χ4v) is 1.15. The Morgan fingerprint density at radius 1 is 1.33 bits per heavy atom. The molecule has 1 aromatic rings. The summed E-state index contributed by atoms with van der Waals surface area (Å²) in [5.74, 6) is 0.589. The van der Waals surface area contributed by atoms with Gasteiger partial charge >= 0.3 is 6.09 Å². The van der Waals surface area contributed by atoms with Crippen molar-refractivity contribution in [1.29, 1.82) is 0 Å². The topological polar surface area (TPSA) is 29.5 Å². The van der Waals surface area contributed by atoms with Crippen LogP contribution in [0.2, 0.25) is 0 Å². The van der Waals surface area contributed by atoms with E-state index in [4.69, 9.17) is 4.74 Å². The molecule has 0 unspecified atom stereocenters. The first kappa shape index (κ1) is 11.6. The zero-order valence-electron chi connectivity index (χ0n) is 9.27. The van der Waals surface area contributed by atoms with E-state index in [1.165, 1.54) is 0 Å². The summed E-state index contributed by atoms with van der Waals surface area (Å²) in [6, 6.07) is 9.11. The molecule has 15 heavy (non-hydrogen) atoms. The quantitative estimate of drug-likeness (QED) is 0.759. The molecule has 82 valence electrons. The van der Waals surface area contributed by atoms with Crippen LogP contribution in [0.3, 0.4) is 0 Å². The third-order valence-electron chi connectivity index (χ3n) is 2.11. The van der Waals surface area contributed by atoms with Gasteiger partial charge in [0.1, 0.15) is 5.75 Å². The van der Waals surface area contributed by atoms with Crippen LogP contribution in [-0.2, 0) is 0 Å². The maximum atomic E-state index is 11.5. The van der Waals surface area contributed by atoms with E-state index in [1.54, 1.807) is 24.1 Å².